The van der Waals surface area contributed by atoms with Crippen LogP contribution in [0.25, 0.3) is 6.08 Å². The number of esters is 1. The van der Waals surface area contributed by atoms with E-state index in [1.165, 1.54) is 0 Å². The van der Waals surface area contributed by atoms with Gasteiger partial charge in [0.25, 0.3) is 5.09 Å². The van der Waals surface area contributed by atoms with E-state index >= 15 is 0 Å². The first-order valence-corrected chi connectivity index (χ1v) is 10.5. The standard InChI is InChI=1S/C15H14F8N2O8S/c1-7-2-10(34(19,20,21,22)23)3-8-4-11(13(15(16,17)18)33-12(7)8)14(26)32-9(5-30-24-27)6-31-25(28)29/h2-4,9,13,24,27H,5-6H2,1H3/t9?,13-/m0/s1. The third kappa shape index (κ3) is 6.81. The molecule has 0 bridgehead atoms. The molecule has 2 rings (SSSR count). The summed E-state index contributed by atoms with van der Waals surface area (Å²) in [6, 6.07) is -0.273. The highest BCUT2D eigenvalue weighted by molar-refractivity contribution is 8.45. The van der Waals surface area contributed by atoms with Crippen molar-refractivity contribution in [3.63, 3.8) is 0 Å². The Morgan fingerprint density at radius 1 is 1.26 bits per heavy atom. The summed E-state index contributed by atoms with van der Waals surface area (Å²) < 4.78 is 116. The van der Waals surface area contributed by atoms with Gasteiger partial charge in [0, 0.05) is 5.56 Å². The predicted molar refractivity (Wildman–Crippen MR) is 94.7 cm³/mol. The monoisotopic (exact) mass is 534 g/mol. The Morgan fingerprint density at radius 2 is 1.88 bits per heavy atom. The van der Waals surface area contributed by atoms with E-state index in [0.29, 0.717) is 0 Å². The van der Waals surface area contributed by atoms with Gasteiger partial charge in [-0.2, -0.15) is 13.2 Å². The normalized spacial score (nSPS) is 19.0. The van der Waals surface area contributed by atoms with Gasteiger partial charge in [-0.1, -0.05) is 25.1 Å². The first-order chi connectivity index (χ1) is 15.2. The fraction of sp³-hybridized carbons (Fsp3) is 0.400. The van der Waals surface area contributed by atoms with Crippen LogP contribution in [0.4, 0.5) is 32.6 Å². The number of hydrogen-bond donors (Lipinski definition) is 2. The summed E-state index contributed by atoms with van der Waals surface area (Å²) in [5.74, 6) is -2.74. The molecule has 34 heavy (non-hydrogen) atoms. The Kier molecular flexibility index (Phi) is 6.75. The number of nitrogens with one attached hydrogen (secondary N) is 1. The van der Waals surface area contributed by atoms with E-state index in [9.17, 15) is 47.5 Å². The van der Waals surface area contributed by atoms with E-state index < -0.39 is 80.2 Å². The minimum absolute atomic E-state index is 0.0881. The zero-order valence-electron chi connectivity index (χ0n) is 16.5. The van der Waals surface area contributed by atoms with Crippen molar-refractivity contribution in [3.8, 4) is 5.75 Å². The summed E-state index contributed by atoms with van der Waals surface area (Å²) >= 11 is 0. The molecule has 0 aliphatic carbocycles. The SMILES string of the molecule is Cc1cc(S(F)(F)(F)(F)F)cc2c1O[C@H](C(F)(F)F)C(C(=O)OC(CONO)CO[N+](=O)[O-])=C2. The van der Waals surface area contributed by atoms with Crippen LogP contribution in [0.5, 0.6) is 5.75 Å². The number of aryl methyl sites for hydroxylation is 1. The zero-order chi connectivity index (χ0) is 26.2. The zero-order valence-corrected chi connectivity index (χ0v) is 17.3. The molecule has 1 heterocycles. The number of halogens is 8. The lowest BCUT2D eigenvalue weighted by molar-refractivity contribution is -0.759. The van der Waals surface area contributed by atoms with Crippen LogP contribution >= 0.6 is 10.2 Å². The van der Waals surface area contributed by atoms with Crippen LogP contribution in [0, 0.1) is 17.0 Å². The van der Waals surface area contributed by atoms with Gasteiger partial charge in [-0.3, -0.25) is 10.0 Å². The minimum atomic E-state index is -10.3. The summed E-state index contributed by atoms with van der Waals surface area (Å²) in [6.45, 7) is -1.19. The lowest BCUT2D eigenvalue weighted by Gasteiger charge is -2.41. The summed E-state index contributed by atoms with van der Waals surface area (Å²) in [7, 11) is -10.3. The van der Waals surface area contributed by atoms with Crippen molar-refractivity contribution in [2.24, 2.45) is 0 Å². The molecular formula is C15H14F8N2O8S. The molecule has 2 N–H and O–H groups in total. The second-order valence-corrected chi connectivity index (χ2v) is 9.13. The predicted octanol–water partition coefficient (Wildman–Crippen LogP) is 4.39. The maximum atomic E-state index is 13.5. The molecule has 19 heteroatoms. The highest BCUT2D eigenvalue weighted by Gasteiger charge is 2.65. The van der Waals surface area contributed by atoms with Crippen LogP contribution in [0.3, 0.4) is 0 Å². The third-order valence-corrected chi connectivity index (χ3v) is 5.18. The molecule has 0 fully saturated rings. The quantitative estimate of drug-likeness (QED) is 0.205. The highest BCUT2D eigenvalue weighted by atomic mass is 32.5. The first-order valence-electron chi connectivity index (χ1n) is 8.56. The van der Waals surface area contributed by atoms with Crippen molar-refractivity contribution in [3.05, 3.63) is 38.9 Å². The molecule has 1 aromatic carbocycles. The maximum Gasteiger partial charge on any atom is 0.430 e. The van der Waals surface area contributed by atoms with Gasteiger partial charge >= 0.3 is 22.4 Å². The van der Waals surface area contributed by atoms with Crippen LogP contribution in [0.15, 0.2) is 22.6 Å². The number of rotatable bonds is 9. The lowest BCUT2D eigenvalue weighted by atomic mass is 9.99. The van der Waals surface area contributed by atoms with Gasteiger partial charge in [0.2, 0.25) is 6.10 Å². The van der Waals surface area contributed by atoms with E-state index in [-0.39, 0.29) is 18.2 Å². The number of benzene rings is 1. The van der Waals surface area contributed by atoms with Crippen molar-refractivity contribution < 1.29 is 66.8 Å². The Balaban J connectivity index is 2.53. The second kappa shape index (κ2) is 8.40. The van der Waals surface area contributed by atoms with E-state index in [0.717, 1.165) is 12.6 Å². The Hall–Kier alpha value is -2.90. The smallest absolute Gasteiger partial charge is 0.430 e. The van der Waals surface area contributed by atoms with Crippen LogP contribution in [0.1, 0.15) is 11.1 Å². The maximum absolute atomic E-state index is 13.5. The van der Waals surface area contributed by atoms with Crippen LogP contribution in [-0.4, -0.2) is 47.9 Å². The van der Waals surface area contributed by atoms with Gasteiger partial charge in [-0.05, 0) is 30.7 Å². The van der Waals surface area contributed by atoms with Crippen molar-refractivity contribution in [2.75, 3.05) is 13.2 Å². The molecule has 1 unspecified atom stereocenters. The number of carbonyl (C=O) groups excluding carboxylic acids is 1. The number of hydrogen-bond acceptors (Lipinski definition) is 9. The van der Waals surface area contributed by atoms with Gasteiger partial charge in [0.1, 0.15) is 23.9 Å². The van der Waals surface area contributed by atoms with Crippen molar-refractivity contribution in [1.29, 1.82) is 0 Å². The minimum Gasteiger partial charge on any atom is -0.475 e. The summed E-state index contributed by atoms with van der Waals surface area (Å²) in [5, 5.41) is 17.3. The second-order valence-electron chi connectivity index (χ2n) is 6.72. The molecule has 194 valence electrons. The van der Waals surface area contributed by atoms with Crippen molar-refractivity contribution in [1.82, 2.24) is 5.64 Å². The lowest BCUT2D eigenvalue weighted by Crippen LogP contribution is -2.42. The average molecular weight is 534 g/mol. The molecule has 10 nitrogen and oxygen atoms in total. The molecule has 1 aromatic rings. The number of ether oxygens (including phenoxy) is 2. The van der Waals surface area contributed by atoms with Gasteiger partial charge in [0.05, 0.1) is 5.57 Å². The summed E-state index contributed by atoms with van der Waals surface area (Å²) in [5.41, 5.74) is -2.00. The van der Waals surface area contributed by atoms with Gasteiger partial charge < -0.3 is 14.3 Å². The fourth-order valence-electron chi connectivity index (χ4n) is 2.70. The molecule has 0 saturated heterocycles. The molecule has 0 amide bonds. The molecule has 2 atom stereocenters. The molecule has 0 saturated carbocycles. The average Bonchev–Trinajstić information content (AvgIpc) is 2.66. The van der Waals surface area contributed by atoms with E-state index in [1.807, 2.05) is 0 Å². The van der Waals surface area contributed by atoms with Gasteiger partial charge in [0.15, 0.2) is 6.10 Å². The number of nitrogens with zero attached hydrogens (tertiary/aromatic N) is 1. The highest BCUT2D eigenvalue weighted by Crippen LogP contribution is 3.02. The first kappa shape index (κ1) is 27.3. The molecule has 0 aromatic heterocycles. The molecule has 0 radical (unpaired) electrons. The topological polar surface area (TPSA) is 129 Å². The number of alkyl halides is 3. The van der Waals surface area contributed by atoms with E-state index in [1.54, 1.807) is 0 Å². The molecule has 0 spiro atoms. The molecular weight excluding hydrogens is 520 g/mol. The van der Waals surface area contributed by atoms with Crippen molar-refractivity contribution in [2.45, 2.75) is 30.2 Å². The molecule has 1 aliphatic heterocycles. The van der Waals surface area contributed by atoms with E-state index in [4.69, 9.17) is 5.21 Å². The summed E-state index contributed by atoms with van der Waals surface area (Å²) in [6.07, 6.45) is -10.0. The number of fused-ring (bicyclic) bond motifs is 1. The van der Waals surface area contributed by atoms with Crippen LogP contribution in [0.2, 0.25) is 0 Å². The molecule has 1 aliphatic rings. The Bertz CT molecular complexity index is 1020. The third-order valence-electron chi connectivity index (χ3n) is 4.06. The Labute approximate surface area is 183 Å². The van der Waals surface area contributed by atoms with E-state index in [2.05, 4.69) is 19.1 Å². The van der Waals surface area contributed by atoms with Crippen molar-refractivity contribution >= 4 is 22.3 Å². The van der Waals surface area contributed by atoms with Crippen LogP contribution < -0.4 is 10.4 Å². The van der Waals surface area contributed by atoms with Gasteiger partial charge in [-0.25, -0.2) is 4.79 Å². The largest absolute Gasteiger partial charge is 0.475 e. The number of carbonyl (C=O) groups is 1. The fourth-order valence-corrected chi connectivity index (χ4v) is 3.45. The van der Waals surface area contributed by atoms with Crippen LogP contribution in [-0.2, 0) is 19.2 Å². The van der Waals surface area contributed by atoms with Gasteiger partial charge in [-0.15, -0.1) is 10.1 Å². The summed E-state index contributed by atoms with van der Waals surface area (Å²) in [4.78, 5) is 28.3. The Morgan fingerprint density at radius 3 is 2.38 bits per heavy atom.